The lowest BCUT2D eigenvalue weighted by Crippen LogP contribution is -2.29. The van der Waals surface area contributed by atoms with E-state index in [1.54, 1.807) is 7.11 Å². The van der Waals surface area contributed by atoms with E-state index in [1.165, 1.54) is 0 Å². The van der Waals surface area contributed by atoms with Crippen LogP contribution in [0.2, 0.25) is 0 Å². The molecule has 1 heterocycles. The molecule has 2 aromatic rings. The maximum Gasteiger partial charge on any atom is 0.238 e. The van der Waals surface area contributed by atoms with Gasteiger partial charge in [0.2, 0.25) is 11.8 Å². The van der Waals surface area contributed by atoms with E-state index in [4.69, 9.17) is 9.47 Å². The quantitative estimate of drug-likeness (QED) is 0.749. The summed E-state index contributed by atoms with van der Waals surface area (Å²) in [7, 11) is 1.56. The topological polar surface area (TPSA) is 60.5 Å². The number of aromatic nitrogens is 1. The first-order chi connectivity index (χ1) is 13.1. The fourth-order valence-electron chi connectivity index (χ4n) is 3.15. The Morgan fingerprint density at radius 3 is 2.18 bits per heavy atom. The van der Waals surface area contributed by atoms with Gasteiger partial charge in [0, 0.05) is 16.7 Å². The summed E-state index contributed by atoms with van der Waals surface area (Å²) in [5.41, 5.74) is 5.21. The number of methoxy groups -OCH3 is 1. The number of rotatable bonds is 6. The van der Waals surface area contributed by atoms with E-state index in [-0.39, 0.29) is 5.91 Å². The number of hydrogen-bond donors (Lipinski definition) is 1. The van der Waals surface area contributed by atoms with Crippen LogP contribution in [0.25, 0.3) is 0 Å². The van der Waals surface area contributed by atoms with Gasteiger partial charge in [-0.05, 0) is 56.0 Å². The Hall–Kier alpha value is -2.56. The van der Waals surface area contributed by atoms with Crippen molar-refractivity contribution in [3.05, 3.63) is 46.1 Å². The molecular formula is C23H32N2O3. The number of aryl methyl sites for hydroxylation is 3. The highest BCUT2D eigenvalue weighted by atomic mass is 16.5. The zero-order valence-corrected chi connectivity index (χ0v) is 18.3. The normalized spacial score (nSPS) is 11.3. The molecule has 152 valence electrons. The van der Waals surface area contributed by atoms with E-state index < -0.39 is 5.41 Å². The van der Waals surface area contributed by atoms with Crippen LogP contribution in [0.5, 0.6) is 11.6 Å². The highest BCUT2D eigenvalue weighted by molar-refractivity contribution is 5.96. The van der Waals surface area contributed by atoms with Gasteiger partial charge in [-0.25, -0.2) is 4.98 Å². The summed E-state index contributed by atoms with van der Waals surface area (Å²) >= 11 is 0. The predicted octanol–water partition coefficient (Wildman–Crippen LogP) is 5.14. The Balaban J connectivity index is 2.49. The van der Waals surface area contributed by atoms with E-state index in [0.717, 1.165) is 40.1 Å². The van der Waals surface area contributed by atoms with Crippen molar-refractivity contribution in [2.45, 2.75) is 61.5 Å². The van der Waals surface area contributed by atoms with Crippen molar-refractivity contribution >= 4 is 11.6 Å². The lowest BCUT2D eigenvalue weighted by molar-refractivity contribution is -0.123. The number of hydrogen-bond acceptors (Lipinski definition) is 4. The number of ether oxygens (including phenoxy) is 2. The minimum absolute atomic E-state index is 0.0915. The third kappa shape index (κ3) is 5.03. The van der Waals surface area contributed by atoms with Crippen LogP contribution in [-0.2, 0) is 17.8 Å². The number of pyridine rings is 1. The summed E-state index contributed by atoms with van der Waals surface area (Å²) in [6.45, 7) is 14.1. The monoisotopic (exact) mass is 384 g/mol. The first kappa shape index (κ1) is 21.7. The van der Waals surface area contributed by atoms with Crippen molar-refractivity contribution in [2.75, 3.05) is 12.4 Å². The summed E-state index contributed by atoms with van der Waals surface area (Å²) in [6, 6.07) is 6.13. The molecule has 0 fully saturated rings. The van der Waals surface area contributed by atoms with Gasteiger partial charge in [0.25, 0.3) is 0 Å². The number of nitrogens with zero attached hydrogens (tertiary/aromatic N) is 1. The minimum atomic E-state index is -0.534. The molecule has 0 bridgehead atoms. The maximum absolute atomic E-state index is 12.7. The lowest BCUT2D eigenvalue weighted by Gasteiger charge is -2.23. The Labute approximate surface area is 168 Å². The number of carbonyl (C=O) groups is 1. The zero-order chi connectivity index (χ0) is 21.1. The molecule has 2 rings (SSSR count). The van der Waals surface area contributed by atoms with E-state index in [0.29, 0.717) is 18.2 Å². The molecule has 0 unspecified atom stereocenters. The summed E-state index contributed by atoms with van der Waals surface area (Å²) in [6.07, 6.45) is 0.784. The number of benzene rings is 1. The van der Waals surface area contributed by atoms with Crippen LogP contribution in [-0.4, -0.2) is 18.0 Å². The van der Waals surface area contributed by atoms with Gasteiger partial charge in [-0.2, -0.15) is 0 Å². The molecule has 0 aliphatic heterocycles. The van der Waals surface area contributed by atoms with E-state index in [9.17, 15) is 4.79 Å². The van der Waals surface area contributed by atoms with Crippen molar-refractivity contribution in [3.63, 3.8) is 0 Å². The fourth-order valence-corrected chi connectivity index (χ4v) is 3.15. The molecule has 1 N–H and O–H groups in total. The van der Waals surface area contributed by atoms with Gasteiger partial charge >= 0.3 is 0 Å². The standard InChI is InChI=1S/C23H32N2O3/c1-9-18-16(4)24-21(27-8)20(25-22(26)23(5,6)7)19(18)13-28-17-11-14(2)10-15(3)12-17/h10-12H,9,13H2,1-8H3,(H,25,26). The highest BCUT2D eigenvalue weighted by Gasteiger charge is 2.26. The third-order valence-electron chi connectivity index (χ3n) is 4.63. The van der Waals surface area contributed by atoms with Gasteiger partial charge in [0.05, 0.1) is 7.11 Å². The van der Waals surface area contributed by atoms with Crippen molar-refractivity contribution < 1.29 is 14.3 Å². The Bertz CT molecular complexity index is 847. The second kappa shape index (κ2) is 8.63. The molecule has 1 aromatic heterocycles. The summed E-state index contributed by atoms with van der Waals surface area (Å²) in [5.74, 6) is 1.12. The largest absolute Gasteiger partial charge is 0.489 e. The molecule has 5 heteroatoms. The molecule has 5 nitrogen and oxygen atoms in total. The van der Waals surface area contributed by atoms with Gasteiger partial charge in [0.15, 0.2) is 0 Å². The number of anilines is 1. The second-order valence-corrected chi connectivity index (χ2v) is 8.21. The third-order valence-corrected chi connectivity index (χ3v) is 4.63. The van der Waals surface area contributed by atoms with Crippen molar-refractivity contribution in [1.29, 1.82) is 0 Å². The van der Waals surface area contributed by atoms with Gasteiger partial charge < -0.3 is 14.8 Å². The SMILES string of the molecule is CCc1c(C)nc(OC)c(NC(=O)C(C)(C)C)c1COc1cc(C)cc(C)c1. The Morgan fingerprint density at radius 2 is 1.68 bits per heavy atom. The summed E-state index contributed by atoms with van der Waals surface area (Å²) in [5, 5.41) is 3.02. The smallest absolute Gasteiger partial charge is 0.238 e. The van der Waals surface area contributed by atoms with Gasteiger partial charge in [0.1, 0.15) is 18.0 Å². The predicted molar refractivity (Wildman–Crippen MR) is 113 cm³/mol. The van der Waals surface area contributed by atoms with Crippen LogP contribution in [0, 0.1) is 26.2 Å². The summed E-state index contributed by atoms with van der Waals surface area (Å²) in [4.78, 5) is 17.2. The molecule has 0 saturated carbocycles. The van der Waals surface area contributed by atoms with Crippen LogP contribution >= 0.6 is 0 Å². The van der Waals surface area contributed by atoms with Crippen molar-refractivity contribution in [1.82, 2.24) is 4.98 Å². The molecule has 0 saturated heterocycles. The van der Waals surface area contributed by atoms with Gasteiger partial charge in [-0.1, -0.05) is 33.8 Å². The van der Waals surface area contributed by atoms with Crippen LogP contribution in [0.3, 0.4) is 0 Å². The molecule has 0 aliphatic carbocycles. The molecule has 1 aromatic carbocycles. The van der Waals surface area contributed by atoms with Crippen LogP contribution in [0.4, 0.5) is 5.69 Å². The Kier molecular flexibility index (Phi) is 6.70. The van der Waals surface area contributed by atoms with E-state index in [2.05, 4.69) is 23.3 Å². The van der Waals surface area contributed by atoms with E-state index in [1.807, 2.05) is 53.7 Å². The summed E-state index contributed by atoms with van der Waals surface area (Å²) < 4.78 is 11.6. The number of amides is 1. The van der Waals surface area contributed by atoms with Crippen molar-refractivity contribution in [2.24, 2.45) is 5.41 Å². The fraction of sp³-hybridized carbons (Fsp3) is 0.478. The van der Waals surface area contributed by atoms with Crippen molar-refractivity contribution in [3.8, 4) is 11.6 Å². The lowest BCUT2D eigenvalue weighted by atomic mass is 9.95. The number of carbonyl (C=O) groups excluding carboxylic acids is 1. The first-order valence-corrected chi connectivity index (χ1v) is 9.65. The van der Waals surface area contributed by atoms with Crippen LogP contribution in [0.1, 0.15) is 55.6 Å². The molecule has 0 radical (unpaired) electrons. The molecule has 0 atom stereocenters. The van der Waals surface area contributed by atoms with Crippen LogP contribution in [0.15, 0.2) is 18.2 Å². The molecular weight excluding hydrogens is 352 g/mol. The minimum Gasteiger partial charge on any atom is -0.489 e. The van der Waals surface area contributed by atoms with Gasteiger partial charge in [-0.3, -0.25) is 4.79 Å². The number of nitrogens with one attached hydrogen (secondary N) is 1. The molecule has 0 spiro atoms. The first-order valence-electron chi connectivity index (χ1n) is 9.65. The highest BCUT2D eigenvalue weighted by Crippen LogP contribution is 2.34. The van der Waals surface area contributed by atoms with Gasteiger partial charge in [-0.15, -0.1) is 0 Å². The average molecular weight is 385 g/mol. The zero-order valence-electron chi connectivity index (χ0n) is 18.3. The average Bonchev–Trinajstić information content (AvgIpc) is 2.59. The Morgan fingerprint density at radius 1 is 1.07 bits per heavy atom. The molecule has 28 heavy (non-hydrogen) atoms. The van der Waals surface area contributed by atoms with Crippen LogP contribution < -0.4 is 14.8 Å². The second-order valence-electron chi connectivity index (χ2n) is 8.21. The molecule has 1 amide bonds. The maximum atomic E-state index is 12.7. The molecule has 0 aliphatic rings. The van der Waals surface area contributed by atoms with E-state index >= 15 is 0 Å².